The molecule has 1 radical (unpaired) electrons. The third kappa shape index (κ3) is 10.7. The van der Waals surface area contributed by atoms with Crippen molar-refractivity contribution in [3.8, 4) is 50.6 Å². The van der Waals surface area contributed by atoms with Gasteiger partial charge in [-0.2, -0.15) is 0 Å². The number of furan rings is 1. The average Bonchev–Trinajstić information content (AvgIpc) is 3.94. The zero-order valence-electron chi connectivity index (χ0n) is 45.7. The van der Waals surface area contributed by atoms with Crippen molar-refractivity contribution in [1.82, 2.24) is 14.5 Å². The van der Waals surface area contributed by atoms with E-state index in [1.54, 1.807) is 6.07 Å². The van der Waals surface area contributed by atoms with Gasteiger partial charge in [0.15, 0.2) is 0 Å². The number of para-hydroxylation sites is 2. The van der Waals surface area contributed by atoms with Gasteiger partial charge in [-0.05, 0) is 134 Å². The van der Waals surface area contributed by atoms with Crippen molar-refractivity contribution >= 4 is 33.0 Å². The van der Waals surface area contributed by atoms with Gasteiger partial charge in [-0.1, -0.05) is 178 Å². The van der Waals surface area contributed by atoms with E-state index < -0.39 is 5.89 Å². The molecule has 0 bridgehead atoms. The maximum Gasteiger partial charge on any atom is 0.121 e. The van der Waals surface area contributed by atoms with Crippen LogP contribution in [0.15, 0.2) is 162 Å². The van der Waals surface area contributed by atoms with E-state index in [1.165, 1.54) is 45.6 Å². The second-order valence-electron chi connectivity index (χ2n) is 23.5. The second-order valence-corrected chi connectivity index (χ2v) is 23.5. The summed E-state index contributed by atoms with van der Waals surface area (Å²) in [5, 5.41) is 2.13. The molecule has 1 aliphatic carbocycles. The number of nitrogens with zero attached hydrogens (tertiary/aromatic N) is 3. The average molecular weight is 1160 g/mol. The Morgan fingerprint density at radius 2 is 1.35 bits per heavy atom. The molecule has 0 aliphatic heterocycles. The van der Waals surface area contributed by atoms with Crippen molar-refractivity contribution < 1.29 is 30.3 Å². The minimum Gasteiger partial charge on any atom is -0.501 e. The molecule has 1 fully saturated rings. The van der Waals surface area contributed by atoms with Crippen LogP contribution in [-0.4, -0.2) is 14.5 Å². The molecule has 1 saturated carbocycles. The fraction of sp³-hybridized carbons (Fsp3) is 0.294. The molecular formula is C68H68FIrN3O-2. The van der Waals surface area contributed by atoms with E-state index in [9.17, 15) is 5.76 Å². The Labute approximate surface area is 453 Å². The molecule has 1 aliphatic rings. The number of imidazole rings is 1. The first-order chi connectivity index (χ1) is 35.2. The molecule has 0 saturated heterocycles. The van der Waals surface area contributed by atoms with Gasteiger partial charge >= 0.3 is 0 Å². The van der Waals surface area contributed by atoms with Crippen LogP contribution < -0.4 is 0 Å². The number of halogens is 1. The van der Waals surface area contributed by atoms with Gasteiger partial charge in [0.1, 0.15) is 5.58 Å². The van der Waals surface area contributed by atoms with Crippen molar-refractivity contribution in [2.45, 2.75) is 119 Å². The maximum atomic E-state index is 12.8. The summed E-state index contributed by atoms with van der Waals surface area (Å²) in [6.07, 6.45) is 4.77. The van der Waals surface area contributed by atoms with Crippen LogP contribution in [0.4, 0.5) is 4.39 Å². The zero-order chi connectivity index (χ0) is 52.3. The van der Waals surface area contributed by atoms with Crippen molar-refractivity contribution in [3.05, 3.63) is 198 Å². The zero-order valence-corrected chi connectivity index (χ0v) is 47.1. The summed E-state index contributed by atoms with van der Waals surface area (Å²) in [5.41, 5.74) is 17.1. The van der Waals surface area contributed by atoms with Crippen LogP contribution >= 0.6 is 0 Å². The fourth-order valence-corrected chi connectivity index (χ4v) is 11.4. The molecule has 3 heterocycles. The normalized spacial score (nSPS) is 15.2. The van der Waals surface area contributed by atoms with Crippen molar-refractivity contribution in [3.63, 3.8) is 0 Å². The minimum atomic E-state index is -0.595. The van der Waals surface area contributed by atoms with Crippen molar-refractivity contribution in [2.75, 3.05) is 0 Å². The van der Waals surface area contributed by atoms with Gasteiger partial charge in [0, 0.05) is 44.6 Å². The molecule has 4 nitrogen and oxygen atoms in total. The Hall–Kier alpha value is -6.46. The molecule has 74 heavy (non-hydrogen) atoms. The first-order valence-corrected chi connectivity index (χ1v) is 26.0. The quantitative estimate of drug-likeness (QED) is 0.142. The SMILES string of the molecule is CC(C)(C)c1ccc(-c2[c-]cc(F)cc2)nc1.[2H]C1(c2ccc(-c3cc(C(C)C)c(-n4c(-c5[c-]ccc6c5oc5cc(-c7ccccc7)ccc56)nc5ccccc54)c(C(C)C)c3)cc2)CC(C)(C)CC(C)(C)C1.[Ir]. The first kappa shape index (κ1) is 51.0. The van der Waals surface area contributed by atoms with Gasteiger partial charge in [-0.15, -0.1) is 48.0 Å². The number of rotatable bonds is 8. The van der Waals surface area contributed by atoms with Crippen LogP contribution in [-0.2, 0) is 25.5 Å². The molecule has 7 aromatic carbocycles. The van der Waals surface area contributed by atoms with E-state index in [1.807, 2.05) is 24.4 Å². The van der Waals surface area contributed by atoms with Gasteiger partial charge in [-0.3, -0.25) is 9.37 Å². The summed E-state index contributed by atoms with van der Waals surface area (Å²) in [4.78, 5) is 9.75. The molecule has 11 rings (SSSR count). The van der Waals surface area contributed by atoms with E-state index in [4.69, 9.17) is 9.40 Å². The molecule has 0 N–H and O–H groups in total. The van der Waals surface area contributed by atoms with Crippen LogP contribution in [0, 0.1) is 28.8 Å². The maximum absolute atomic E-state index is 12.8. The monoisotopic (exact) mass is 1160 g/mol. The molecule has 3 aromatic heterocycles. The second kappa shape index (κ2) is 20.7. The Morgan fingerprint density at radius 1 is 0.703 bits per heavy atom. The van der Waals surface area contributed by atoms with Gasteiger partial charge in [0.25, 0.3) is 0 Å². The van der Waals surface area contributed by atoms with E-state index in [0.29, 0.717) is 0 Å². The molecule has 0 amide bonds. The third-order valence-electron chi connectivity index (χ3n) is 14.6. The van der Waals surface area contributed by atoms with Crippen molar-refractivity contribution in [2.24, 2.45) is 10.8 Å². The topological polar surface area (TPSA) is 43.9 Å². The van der Waals surface area contributed by atoms with Crippen LogP contribution in [0.1, 0.15) is 137 Å². The van der Waals surface area contributed by atoms with Crippen LogP contribution in [0.5, 0.6) is 0 Å². The number of fused-ring (bicyclic) bond motifs is 4. The largest absolute Gasteiger partial charge is 0.501 e. The Bertz CT molecular complexity index is 3590. The fourth-order valence-electron chi connectivity index (χ4n) is 11.4. The number of pyridine rings is 1. The summed E-state index contributed by atoms with van der Waals surface area (Å²) in [6, 6.07) is 58.2. The summed E-state index contributed by atoms with van der Waals surface area (Å²) in [5.74, 6) is 0.416. The Morgan fingerprint density at radius 3 is 1.97 bits per heavy atom. The third-order valence-corrected chi connectivity index (χ3v) is 14.6. The van der Waals surface area contributed by atoms with Gasteiger partial charge < -0.3 is 14.0 Å². The van der Waals surface area contributed by atoms with Crippen molar-refractivity contribution in [1.29, 1.82) is 0 Å². The summed E-state index contributed by atoms with van der Waals surface area (Å²) >= 11 is 0. The Balaban J connectivity index is 0.000000325. The molecule has 0 atom stereocenters. The van der Waals surface area contributed by atoms with E-state index in [-0.39, 0.29) is 54.0 Å². The number of benzene rings is 7. The van der Waals surface area contributed by atoms with E-state index in [2.05, 4.69) is 213 Å². The van der Waals surface area contributed by atoms with Crippen LogP contribution in [0.3, 0.4) is 0 Å². The molecule has 0 unspecified atom stereocenters. The van der Waals surface area contributed by atoms with Crippen LogP contribution in [0.25, 0.3) is 83.6 Å². The minimum absolute atomic E-state index is 0. The molecule has 6 heteroatoms. The smallest absolute Gasteiger partial charge is 0.121 e. The number of aromatic nitrogens is 3. The number of hydrogen-bond donors (Lipinski definition) is 0. The predicted octanol–water partition coefficient (Wildman–Crippen LogP) is 19.3. The van der Waals surface area contributed by atoms with Gasteiger partial charge in [-0.25, -0.2) is 0 Å². The molecule has 0 spiro atoms. The standard InChI is InChI=1S/C53H53N2O.C15H15FN.Ir/c1-33(2)44-27-39(36-21-23-37(24-22-36)40-30-52(5,6)32-53(7,8)31-40)28-45(34(3)4)49(44)55-47-20-13-12-19-46(47)54-51(55)43-18-14-17-42-41-26-25-38(29-48(41)56-50(42)43)35-15-10-9-11-16-35;1-15(2,3)12-6-9-14(17-10-12)11-4-7-13(16)8-5-11;/h9-17,19-29,33-34,40H,30-32H2,1-8H3;4,6-10H,1-3H3;/q2*-1;/i40D;;. The number of hydrogen-bond acceptors (Lipinski definition) is 3. The van der Waals surface area contributed by atoms with Crippen LogP contribution in [0.2, 0.25) is 0 Å². The molecule has 10 aromatic rings. The first-order valence-electron chi connectivity index (χ1n) is 26.5. The summed E-state index contributed by atoms with van der Waals surface area (Å²) < 4.78 is 31.7. The predicted molar refractivity (Wildman–Crippen MR) is 303 cm³/mol. The molecule has 379 valence electrons. The van der Waals surface area contributed by atoms with E-state index in [0.717, 1.165) is 91.6 Å². The van der Waals surface area contributed by atoms with Gasteiger partial charge in [0.05, 0.1) is 22.4 Å². The van der Waals surface area contributed by atoms with Gasteiger partial charge in [0.2, 0.25) is 0 Å². The molecular weight excluding hydrogens is 1090 g/mol. The van der Waals surface area contributed by atoms with E-state index >= 15 is 0 Å². The Kier molecular flexibility index (Phi) is 14.3. The summed E-state index contributed by atoms with van der Waals surface area (Å²) in [7, 11) is 0. The summed E-state index contributed by atoms with van der Waals surface area (Å²) in [6.45, 7) is 24.9.